The minimum absolute atomic E-state index is 0. The molecule has 1 amide bonds. The second-order valence-corrected chi connectivity index (χ2v) is 8.30. The summed E-state index contributed by atoms with van der Waals surface area (Å²) in [6.07, 6.45) is 10.6. The van der Waals surface area contributed by atoms with Crippen LogP contribution in [0.2, 0.25) is 0 Å². The molecule has 1 aliphatic heterocycles. The smallest absolute Gasteiger partial charge is 0.225 e. The van der Waals surface area contributed by atoms with Crippen molar-refractivity contribution >= 4 is 35.8 Å². The summed E-state index contributed by atoms with van der Waals surface area (Å²) < 4.78 is 1.95. The van der Waals surface area contributed by atoms with Crippen LogP contribution in [0.25, 0.3) is 0 Å². The third-order valence-electron chi connectivity index (χ3n) is 5.76. The Morgan fingerprint density at radius 3 is 2.76 bits per heavy atom. The van der Waals surface area contributed by atoms with Crippen LogP contribution < -0.4 is 10.6 Å². The van der Waals surface area contributed by atoms with Crippen molar-refractivity contribution in [1.82, 2.24) is 25.3 Å². The zero-order chi connectivity index (χ0) is 19.8. The molecule has 1 aliphatic carbocycles. The average molecular weight is 516 g/mol. The quantitative estimate of drug-likeness (QED) is 0.332. The highest BCUT2D eigenvalue weighted by Crippen LogP contribution is 2.26. The molecule has 1 saturated heterocycles. The number of guanidine groups is 1. The Morgan fingerprint density at radius 1 is 1.28 bits per heavy atom. The monoisotopic (exact) mass is 516 g/mol. The molecule has 2 aliphatic rings. The highest BCUT2D eigenvalue weighted by Gasteiger charge is 2.31. The SMILES string of the molecule is CCNC(=NCC(C)Cn1cccn1)NC1CCN(C(=O)C2CCCCC2)C1.I. The van der Waals surface area contributed by atoms with E-state index in [1.54, 1.807) is 0 Å². The van der Waals surface area contributed by atoms with Gasteiger partial charge in [-0.05, 0) is 38.2 Å². The molecule has 0 aromatic carbocycles. The van der Waals surface area contributed by atoms with Crippen LogP contribution in [0.15, 0.2) is 23.5 Å². The predicted molar refractivity (Wildman–Crippen MR) is 127 cm³/mol. The normalized spacial score (nSPS) is 21.5. The van der Waals surface area contributed by atoms with Gasteiger partial charge in [0.2, 0.25) is 5.91 Å². The van der Waals surface area contributed by atoms with Crippen LogP contribution in [0, 0.1) is 11.8 Å². The van der Waals surface area contributed by atoms with Gasteiger partial charge in [-0.3, -0.25) is 14.5 Å². The molecular weight excluding hydrogens is 479 g/mol. The van der Waals surface area contributed by atoms with Gasteiger partial charge in [0, 0.05) is 57.1 Å². The van der Waals surface area contributed by atoms with E-state index in [-0.39, 0.29) is 35.9 Å². The summed E-state index contributed by atoms with van der Waals surface area (Å²) in [5.41, 5.74) is 0. The van der Waals surface area contributed by atoms with Gasteiger partial charge in [-0.15, -0.1) is 24.0 Å². The molecule has 2 unspecified atom stereocenters. The first-order valence-electron chi connectivity index (χ1n) is 11.0. The van der Waals surface area contributed by atoms with Crippen molar-refractivity contribution in [2.45, 2.75) is 65.0 Å². The van der Waals surface area contributed by atoms with Crippen LogP contribution in [0.3, 0.4) is 0 Å². The first-order valence-corrected chi connectivity index (χ1v) is 11.0. The molecule has 164 valence electrons. The van der Waals surface area contributed by atoms with Gasteiger partial charge in [0.1, 0.15) is 0 Å². The summed E-state index contributed by atoms with van der Waals surface area (Å²) in [4.78, 5) is 19.6. The Hall–Kier alpha value is -1.32. The lowest BCUT2D eigenvalue weighted by molar-refractivity contribution is -0.135. The number of nitrogens with one attached hydrogen (secondary N) is 2. The van der Waals surface area contributed by atoms with Crippen LogP contribution in [-0.4, -0.2) is 58.8 Å². The third-order valence-corrected chi connectivity index (χ3v) is 5.76. The Kier molecular flexibility index (Phi) is 10.2. The second-order valence-electron chi connectivity index (χ2n) is 8.30. The molecule has 0 spiro atoms. The number of aliphatic imine (C=N–C) groups is 1. The van der Waals surface area contributed by atoms with Gasteiger partial charge in [-0.2, -0.15) is 5.10 Å². The lowest BCUT2D eigenvalue weighted by Crippen LogP contribution is -2.45. The van der Waals surface area contributed by atoms with Crippen molar-refractivity contribution in [3.05, 3.63) is 18.5 Å². The molecule has 3 rings (SSSR count). The summed E-state index contributed by atoms with van der Waals surface area (Å²) in [6, 6.07) is 2.23. The van der Waals surface area contributed by atoms with Gasteiger partial charge in [-0.1, -0.05) is 26.2 Å². The molecular formula is C21H37IN6O. The van der Waals surface area contributed by atoms with Gasteiger partial charge in [0.05, 0.1) is 0 Å². The molecule has 0 radical (unpaired) electrons. The van der Waals surface area contributed by atoms with E-state index < -0.39 is 0 Å². The highest BCUT2D eigenvalue weighted by atomic mass is 127. The van der Waals surface area contributed by atoms with E-state index in [4.69, 9.17) is 4.99 Å². The van der Waals surface area contributed by atoms with Gasteiger partial charge >= 0.3 is 0 Å². The van der Waals surface area contributed by atoms with Crippen LogP contribution in [0.5, 0.6) is 0 Å². The summed E-state index contributed by atoms with van der Waals surface area (Å²) >= 11 is 0. The van der Waals surface area contributed by atoms with Crippen LogP contribution >= 0.6 is 24.0 Å². The molecule has 7 nitrogen and oxygen atoms in total. The lowest BCUT2D eigenvalue weighted by Gasteiger charge is -2.26. The van der Waals surface area contributed by atoms with Crippen molar-refractivity contribution in [2.24, 2.45) is 16.8 Å². The van der Waals surface area contributed by atoms with Gasteiger partial charge in [-0.25, -0.2) is 0 Å². The van der Waals surface area contributed by atoms with E-state index in [1.807, 2.05) is 23.1 Å². The van der Waals surface area contributed by atoms with E-state index in [1.165, 1.54) is 19.3 Å². The number of likely N-dealkylation sites (tertiary alicyclic amines) is 1. The van der Waals surface area contributed by atoms with Gasteiger partial charge in [0.25, 0.3) is 0 Å². The number of rotatable bonds is 7. The van der Waals surface area contributed by atoms with Crippen molar-refractivity contribution in [1.29, 1.82) is 0 Å². The maximum atomic E-state index is 12.8. The van der Waals surface area contributed by atoms with Crippen molar-refractivity contribution in [2.75, 3.05) is 26.2 Å². The number of halogens is 1. The molecule has 2 N–H and O–H groups in total. The topological polar surface area (TPSA) is 74.6 Å². The number of carbonyl (C=O) groups is 1. The number of amides is 1. The van der Waals surface area contributed by atoms with Crippen LogP contribution in [-0.2, 0) is 11.3 Å². The molecule has 2 heterocycles. The minimum atomic E-state index is 0. The maximum absolute atomic E-state index is 12.8. The number of hydrogen-bond donors (Lipinski definition) is 2. The van der Waals surface area contributed by atoms with Crippen molar-refractivity contribution in [3.8, 4) is 0 Å². The summed E-state index contributed by atoms with van der Waals surface area (Å²) in [6.45, 7) is 8.37. The highest BCUT2D eigenvalue weighted by molar-refractivity contribution is 14.0. The fourth-order valence-corrected chi connectivity index (χ4v) is 4.23. The minimum Gasteiger partial charge on any atom is -0.357 e. The maximum Gasteiger partial charge on any atom is 0.225 e. The molecule has 1 aromatic rings. The van der Waals surface area contributed by atoms with Crippen LogP contribution in [0.1, 0.15) is 52.4 Å². The fraction of sp³-hybridized carbons (Fsp3) is 0.762. The zero-order valence-electron chi connectivity index (χ0n) is 17.8. The lowest BCUT2D eigenvalue weighted by atomic mass is 9.88. The van der Waals surface area contributed by atoms with E-state index in [2.05, 4.69) is 34.5 Å². The molecule has 1 saturated carbocycles. The number of nitrogens with zero attached hydrogens (tertiary/aromatic N) is 4. The number of carbonyl (C=O) groups excluding carboxylic acids is 1. The third kappa shape index (κ3) is 7.46. The molecule has 1 aromatic heterocycles. The molecule has 0 bridgehead atoms. The molecule has 29 heavy (non-hydrogen) atoms. The zero-order valence-corrected chi connectivity index (χ0v) is 20.2. The number of hydrogen-bond acceptors (Lipinski definition) is 3. The Bertz CT molecular complexity index is 629. The van der Waals surface area contributed by atoms with Gasteiger partial charge < -0.3 is 15.5 Å². The van der Waals surface area contributed by atoms with Crippen molar-refractivity contribution in [3.63, 3.8) is 0 Å². The Morgan fingerprint density at radius 2 is 2.07 bits per heavy atom. The van der Waals surface area contributed by atoms with E-state index >= 15 is 0 Å². The summed E-state index contributed by atoms with van der Waals surface area (Å²) in [5, 5.41) is 11.2. The predicted octanol–water partition coefficient (Wildman–Crippen LogP) is 2.87. The van der Waals surface area contributed by atoms with Crippen LogP contribution in [0.4, 0.5) is 0 Å². The summed E-state index contributed by atoms with van der Waals surface area (Å²) in [5.74, 6) is 1.89. The molecule has 8 heteroatoms. The molecule has 2 fully saturated rings. The van der Waals surface area contributed by atoms with E-state index in [0.29, 0.717) is 11.8 Å². The first kappa shape index (κ1) is 24.0. The second kappa shape index (κ2) is 12.4. The fourth-order valence-electron chi connectivity index (χ4n) is 4.23. The number of aromatic nitrogens is 2. The standard InChI is InChI=1S/C21H36N6O.HI/c1-3-22-21(23-14-17(2)15-27-12-7-11-24-27)25-19-10-13-26(16-19)20(28)18-8-5-4-6-9-18;/h7,11-12,17-19H,3-6,8-10,13-16H2,1-2H3,(H2,22,23,25);1H. The first-order chi connectivity index (χ1) is 13.7. The molecule has 2 atom stereocenters. The van der Waals surface area contributed by atoms with E-state index in [9.17, 15) is 4.79 Å². The average Bonchev–Trinajstić information content (AvgIpc) is 3.38. The largest absolute Gasteiger partial charge is 0.357 e. The Labute approximate surface area is 192 Å². The summed E-state index contributed by atoms with van der Waals surface area (Å²) in [7, 11) is 0. The Balaban J connectivity index is 0.00000300. The van der Waals surface area contributed by atoms with Gasteiger partial charge in [0.15, 0.2) is 5.96 Å². The van der Waals surface area contributed by atoms with Crippen molar-refractivity contribution < 1.29 is 4.79 Å². The van der Waals surface area contributed by atoms with E-state index in [0.717, 1.165) is 57.9 Å².